The van der Waals surface area contributed by atoms with E-state index >= 15 is 0 Å². The molecule has 0 fully saturated rings. The first-order chi connectivity index (χ1) is 44.2. The molecule has 0 spiro atoms. The Balaban J connectivity index is 4.60. The van der Waals surface area contributed by atoms with Crippen LogP contribution in [-0.4, -0.2) is 95.9 Å². The second-order valence-corrected chi connectivity index (χ2v) is 26.6. The zero-order valence-corrected chi connectivity index (χ0v) is 58.8. The minimum atomic E-state index is -4.93. The maximum Gasteiger partial charge on any atom is 0.472 e. The molecule has 0 heterocycles. The van der Waals surface area contributed by atoms with Crippen molar-refractivity contribution in [3.8, 4) is 0 Å². The molecule has 0 bridgehead atoms. The topological polar surface area (TPSA) is 231 Å². The molecule has 0 rings (SSSR count). The first-order valence-corrected chi connectivity index (χ1v) is 38.5. The van der Waals surface area contributed by atoms with Crippen LogP contribution < -0.4 is 0 Å². The maximum atomic E-state index is 12.9. The molecule has 16 nitrogen and oxygen atoms in total. The van der Waals surface area contributed by atoms with Gasteiger partial charge in [0.25, 0.3) is 0 Å². The molecule has 526 valence electrons. The van der Waals surface area contributed by atoms with Crippen molar-refractivity contribution >= 4 is 33.6 Å². The minimum absolute atomic E-state index is 0.104. The lowest BCUT2D eigenvalue weighted by atomic mass is 10.0. The number of hydrogen-bond donors (Lipinski definition) is 4. The van der Waals surface area contributed by atoms with E-state index in [0.717, 1.165) is 161 Å². The van der Waals surface area contributed by atoms with E-state index in [1.54, 1.807) is 0 Å². The Morgan fingerprint density at radius 2 is 0.582 bits per heavy atom. The summed E-state index contributed by atoms with van der Waals surface area (Å²) in [5.74, 6) is -1.59. The van der Waals surface area contributed by atoms with Gasteiger partial charge in [-0.05, 0) is 103 Å². The molecule has 0 saturated carbocycles. The summed E-state index contributed by atoms with van der Waals surface area (Å²) < 4.78 is 60.9. The van der Waals surface area contributed by atoms with Gasteiger partial charge in [0.05, 0.1) is 26.4 Å². The van der Waals surface area contributed by atoms with Crippen LogP contribution in [-0.2, 0) is 55.8 Å². The molecule has 18 heteroatoms. The van der Waals surface area contributed by atoms with E-state index in [1.165, 1.54) is 70.6 Å². The fourth-order valence-electron chi connectivity index (χ4n) is 9.37. The monoisotopic (exact) mass is 1320 g/mol. The van der Waals surface area contributed by atoms with E-state index in [9.17, 15) is 43.5 Å². The average Bonchev–Trinajstić information content (AvgIpc) is 3.74. The van der Waals surface area contributed by atoms with Crippen molar-refractivity contribution in [1.82, 2.24) is 0 Å². The highest BCUT2D eigenvalue weighted by molar-refractivity contribution is 7.47. The van der Waals surface area contributed by atoms with Gasteiger partial charge in [0.15, 0.2) is 6.10 Å². The Hall–Kier alpha value is -3.53. The van der Waals surface area contributed by atoms with Crippen LogP contribution in [0.3, 0.4) is 0 Å². The molecule has 0 aliphatic carbocycles. The number of aliphatic hydroxyl groups is 2. The number of aliphatic hydroxyl groups excluding tert-OH is 2. The summed E-state index contributed by atoms with van der Waals surface area (Å²) in [5, 5.41) is 20.6. The highest BCUT2D eigenvalue weighted by atomic mass is 31.2. The number of esters is 3. The lowest BCUT2D eigenvalue weighted by Crippen LogP contribution is -2.30. The Morgan fingerprint density at radius 3 is 0.945 bits per heavy atom. The van der Waals surface area contributed by atoms with Crippen molar-refractivity contribution in [2.24, 2.45) is 0 Å². The fourth-order valence-corrected chi connectivity index (χ4v) is 11.0. The first-order valence-electron chi connectivity index (χ1n) is 35.5. The molecular formula is C73H128O16P2. The molecule has 0 saturated heterocycles. The van der Waals surface area contributed by atoms with Crippen molar-refractivity contribution < 1.29 is 75.8 Å². The smallest absolute Gasteiger partial charge is 0.463 e. The summed E-state index contributed by atoms with van der Waals surface area (Å²) in [5.41, 5.74) is 0. The average molecular weight is 1320 g/mol. The van der Waals surface area contributed by atoms with Crippen molar-refractivity contribution in [3.63, 3.8) is 0 Å². The van der Waals surface area contributed by atoms with E-state index < -0.39 is 91.5 Å². The summed E-state index contributed by atoms with van der Waals surface area (Å²) in [6.45, 7) is 2.52. The van der Waals surface area contributed by atoms with Gasteiger partial charge in [-0.3, -0.25) is 32.5 Å². The highest BCUT2D eigenvalue weighted by Crippen LogP contribution is 2.45. The highest BCUT2D eigenvalue weighted by Gasteiger charge is 2.29. The number of ether oxygens (including phenoxy) is 3. The molecule has 0 aromatic carbocycles. The zero-order chi connectivity index (χ0) is 66.7. The third-order valence-corrected chi connectivity index (χ3v) is 16.7. The van der Waals surface area contributed by atoms with E-state index in [0.29, 0.717) is 19.3 Å². The van der Waals surface area contributed by atoms with Crippen LogP contribution in [0.1, 0.15) is 290 Å². The summed E-state index contributed by atoms with van der Waals surface area (Å²) in [6.07, 6.45) is 73.1. The summed E-state index contributed by atoms with van der Waals surface area (Å²) in [7, 11) is -9.78. The van der Waals surface area contributed by atoms with Crippen LogP contribution in [0.4, 0.5) is 0 Å². The molecular weight excluding hydrogens is 1190 g/mol. The number of carbonyl (C=O) groups excluding carboxylic acids is 3. The standard InChI is InChI=1S/C73H128O16P2/c1-4-7-10-13-16-19-22-25-27-29-31-32-33-34-36-38-39-42-44-47-50-53-56-59-71(76)83-62-68(74)63-85-90(79,80)86-64-69(75)65-87-91(81,82)88-67-70(89-73(78)61-58-55-52-49-46-41-24-21-18-15-12-9-6-3)66-84-72(77)60-57-54-51-48-45-43-40-37-35-30-28-26-23-20-17-14-11-8-5-2/h7,10,16-17,19-20,25-28,31-32,34-37,68-70,74-75H,4-6,8-9,11-15,18,21-24,29-30,33,38-67H2,1-3H3,(H,79,80)(H,81,82)/b10-7-,19-16-,20-17-,27-25-,28-26-,32-31-,36-34-,37-35-. The first kappa shape index (κ1) is 87.5. The maximum absolute atomic E-state index is 12.9. The zero-order valence-electron chi connectivity index (χ0n) is 57.0. The van der Waals surface area contributed by atoms with Gasteiger partial charge >= 0.3 is 33.6 Å². The van der Waals surface area contributed by atoms with Crippen LogP contribution in [0.5, 0.6) is 0 Å². The largest absolute Gasteiger partial charge is 0.472 e. The molecule has 91 heavy (non-hydrogen) atoms. The molecule has 0 aromatic rings. The number of rotatable bonds is 67. The lowest BCUT2D eigenvalue weighted by molar-refractivity contribution is -0.161. The van der Waals surface area contributed by atoms with Crippen LogP contribution in [0.25, 0.3) is 0 Å². The van der Waals surface area contributed by atoms with Crippen LogP contribution in [0.15, 0.2) is 97.2 Å². The molecule has 4 N–H and O–H groups in total. The molecule has 5 atom stereocenters. The summed E-state index contributed by atoms with van der Waals surface area (Å²) in [4.78, 5) is 58.4. The SMILES string of the molecule is CC/C=C\C/C=C\C/C=C\C/C=C\C/C=C\CCCCCCCCCC(=O)OCC(O)COP(=O)(O)OCC(O)COP(=O)(O)OCC(COC(=O)CCCCCCCC/C=C\C/C=C\C/C=C\CCCCC)OC(=O)CCCCCCCCCCCCCCC. The third-order valence-electron chi connectivity index (χ3n) is 14.8. The quantitative estimate of drug-likeness (QED) is 0.0146. The normalized spacial score (nSPS) is 14.8. The summed E-state index contributed by atoms with van der Waals surface area (Å²) >= 11 is 0. The fraction of sp³-hybridized carbons (Fsp3) is 0.740. The second kappa shape index (κ2) is 66.5. The number of phosphoric ester groups is 2. The van der Waals surface area contributed by atoms with Gasteiger partial charge in [0.1, 0.15) is 25.4 Å². The van der Waals surface area contributed by atoms with Crippen molar-refractivity contribution in [2.75, 3.05) is 39.6 Å². The van der Waals surface area contributed by atoms with Crippen molar-refractivity contribution in [1.29, 1.82) is 0 Å². The van der Waals surface area contributed by atoms with E-state index in [2.05, 4.69) is 118 Å². The molecule has 0 aliphatic rings. The number of unbranched alkanes of at least 4 members (excludes halogenated alkanes) is 28. The predicted octanol–water partition coefficient (Wildman–Crippen LogP) is 19.9. The second-order valence-electron chi connectivity index (χ2n) is 23.7. The van der Waals surface area contributed by atoms with Crippen LogP contribution in [0.2, 0.25) is 0 Å². The Morgan fingerprint density at radius 1 is 0.319 bits per heavy atom. The van der Waals surface area contributed by atoms with Gasteiger partial charge in [-0.25, -0.2) is 9.13 Å². The third kappa shape index (κ3) is 67.7. The molecule has 0 radical (unpaired) electrons. The van der Waals surface area contributed by atoms with Gasteiger partial charge in [-0.15, -0.1) is 0 Å². The van der Waals surface area contributed by atoms with Crippen molar-refractivity contribution in [2.45, 2.75) is 309 Å². The van der Waals surface area contributed by atoms with Crippen LogP contribution in [0, 0.1) is 0 Å². The Labute approximate surface area is 552 Å². The van der Waals surface area contributed by atoms with E-state index in [1.807, 2.05) is 0 Å². The van der Waals surface area contributed by atoms with Gasteiger partial charge in [0.2, 0.25) is 0 Å². The van der Waals surface area contributed by atoms with Gasteiger partial charge < -0.3 is 34.2 Å². The number of phosphoric acid groups is 2. The van der Waals surface area contributed by atoms with E-state index in [4.69, 9.17) is 32.3 Å². The van der Waals surface area contributed by atoms with Gasteiger partial charge in [-0.1, -0.05) is 266 Å². The Kier molecular flexibility index (Phi) is 63.9. The van der Waals surface area contributed by atoms with E-state index in [-0.39, 0.29) is 19.3 Å². The Bertz CT molecular complexity index is 2050. The summed E-state index contributed by atoms with van der Waals surface area (Å²) in [6, 6.07) is 0. The predicted molar refractivity (Wildman–Crippen MR) is 371 cm³/mol. The molecule has 5 unspecified atom stereocenters. The van der Waals surface area contributed by atoms with Crippen LogP contribution >= 0.6 is 15.6 Å². The molecule has 0 aromatic heterocycles. The molecule has 0 aliphatic heterocycles. The van der Waals surface area contributed by atoms with Crippen molar-refractivity contribution in [3.05, 3.63) is 97.2 Å². The van der Waals surface area contributed by atoms with Gasteiger partial charge in [-0.2, -0.15) is 0 Å². The molecule has 0 amide bonds. The number of hydrogen-bond acceptors (Lipinski definition) is 14. The lowest BCUT2D eigenvalue weighted by Gasteiger charge is -2.21. The van der Waals surface area contributed by atoms with Gasteiger partial charge in [0, 0.05) is 19.3 Å². The minimum Gasteiger partial charge on any atom is -0.463 e. The number of allylic oxidation sites excluding steroid dienone is 16. The number of carbonyl (C=O) groups is 3.